The van der Waals surface area contributed by atoms with Gasteiger partial charge in [0.1, 0.15) is 0 Å². The zero-order valence-corrected chi connectivity index (χ0v) is 13.1. The molecule has 0 saturated heterocycles. The van der Waals surface area contributed by atoms with E-state index in [-0.39, 0.29) is 5.75 Å². The van der Waals surface area contributed by atoms with Crippen LogP contribution in [0.3, 0.4) is 0 Å². The van der Waals surface area contributed by atoms with Crippen LogP contribution < -0.4 is 4.72 Å². The molecule has 3 nitrogen and oxygen atoms in total. The topological polar surface area (TPSA) is 46.2 Å². The SMILES string of the molecule is Cc1c(Cl)cccc1NS(=O)(=O)Cc1ccccc1Cl. The number of rotatable bonds is 4. The molecular formula is C14H13Cl2NO2S. The molecule has 0 aliphatic carbocycles. The van der Waals surface area contributed by atoms with Gasteiger partial charge in [-0.2, -0.15) is 0 Å². The standard InChI is InChI=1S/C14H13Cl2NO2S/c1-10-12(15)7-4-8-14(10)17-20(18,19)9-11-5-2-3-6-13(11)16/h2-8,17H,9H2,1H3. The van der Waals surface area contributed by atoms with Gasteiger partial charge in [0.05, 0.1) is 11.4 Å². The van der Waals surface area contributed by atoms with Crippen LogP contribution in [0.15, 0.2) is 42.5 Å². The number of sulfonamides is 1. The van der Waals surface area contributed by atoms with E-state index in [0.717, 1.165) is 0 Å². The molecule has 0 aliphatic rings. The lowest BCUT2D eigenvalue weighted by Crippen LogP contribution is -2.16. The van der Waals surface area contributed by atoms with Crippen LogP contribution in [0, 0.1) is 6.92 Å². The maximum Gasteiger partial charge on any atom is 0.236 e. The number of hydrogen-bond acceptors (Lipinski definition) is 2. The maximum absolute atomic E-state index is 12.2. The van der Waals surface area contributed by atoms with Crippen molar-refractivity contribution in [2.75, 3.05) is 4.72 Å². The molecule has 0 bridgehead atoms. The van der Waals surface area contributed by atoms with E-state index in [4.69, 9.17) is 23.2 Å². The molecule has 0 aliphatic heterocycles. The second-order valence-corrected chi connectivity index (χ2v) is 6.90. The van der Waals surface area contributed by atoms with Gasteiger partial charge in [-0.15, -0.1) is 0 Å². The molecule has 2 aromatic carbocycles. The third kappa shape index (κ3) is 3.66. The second-order valence-electron chi connectivity index (χ2n) is 4.36. The largest absolute Gasteiger partial charge is 0.283 e. The summed E-state index contributed by atoms with van der Waals surface area (Å²) in [5.41, 5.74) is 1.72. The molecule has 0 fully saturated rings. The highest BCUT2D eigenvalue weighted by Crippen LogP contribution is 2.25. The molecule has 0 aromatic heterocycles. The molecular weight excluding hydrogens is 317 g/mol. The molecule has 6 heteroatoms. The Morgan fingerprint density at radius 2 is 1.65 bits per heavy atom. The fourth-order valence-electron chi connectivity index (χ4n) is 1.74. The van der Waals surface area contributed by atoms with Crippen molar-refractivity contribution >= 4 is 38.9 Å². The van der Waals surface area contributed by atoms with Gasteiger partial charge in [-0.1, -0.05) is 47.5 Å². The van der Waals surface area contributed by atoms with Crippen LogP contribution in [-0.2, 0) is 15.8 Å². The Morgan fingerprint density at radius 1 is 1.00 bits per heavy atom. The number of hydrogen-bond donors (Lipinski definition) is 1. The summed E-state index contributed by atoms with van der Waals surface area (Å²) in [4.78, 5) is 0. The molecule has 0 spiro atoms. The van der Waals surface area contributed by atoms with E-state index in [1.54, 1.807) is 49.4 Å². The summed E-state index contributed by atoms with van der Waals surface area (Å²) >= 11 is 11.9. The summed E-state index contributed by atoms with van der Waals surface area (Å²) < 4.78 is 26.9. The predicted molar refractivity (Wildman–Crippen MR) is 83.9 cm³/mol. The molecule has 2 rings (SSSR count). The second kappa shape index (κ2) is 6.04. The summed E-state index contributed by atoms with van der Waals surface area (Å²) in [5, 5.41) is 0.948. The first-order valence-electron chi connectivity index (χ1n) is 5.88. The Bertz CT molecular complexity index is 730. The van der Waals surface area contributed by atoms with E-state index in [1.165, 1.54) is 0 Å². The molecule has 0 radical (unpaired) electrons. The highest BCUT2D eigenvalue weighted by atomic mass is 35.5. The average molecular weight is 330 g/mol. The van der Waals surface area contributed by atoms with Gasteiger partial charge in [-0.05, 0) is 36.2 Å². The number of nitrogens with one attached hydrogen (secondary N) is 1. The first-order valence-corrected chi connectivity index (χ1v) is 8.29. The minimum Gasteiger partial charge on any atom is -0.283 e. The van der Waals surface area contributed by atoms with Gasteiger partial charge in [0.2, 0.25) is 10.0 Å². The lowest BCUT2D eigenvalue weighted by atomic mass is 10.2. The van der Waals surface area contributed by atoms with Crippen molar-refractivity contribution in [1.29, 1.82) is 0 Å². The van der Waals surface area contributed by atoms with Crippen LogP contribution in [0.25, 0.3) is 0 Å². The highest BCUT2D eigenvalue weighted by molar-refractivity contribution is 7.91. The van der Waals surface area contributed by atoms with Crippen molar-refractivity contribution in [3.63, 3.8) is 0 Å². The average Bonchev–Trinajstić information content (AvgIpc) is 2.37. The summed E-state index contributed by atoms with van der Waals surface area (Å²) in [6.45, 7) is 1.76. The van der Waals surface area contributed by atoms with E-state index < -0.39 is 10.0 Å². The Labute approximate surface area is 128 Å². The third-order valence-electron chi connectivity index (χ3n) is 2.84. The Morgan fingerprint density at radius 3 is 2.35 bits per heavy atom. The monoisotopic (exact) mass is 329 g/mol. The van der Waals surface area contributed by atoms with Crippen LogP contribution in [0.5, 0.6) is 0 Å². The summed E-state index contributed by atoms with van der Waals surface area (Å²) in [6.07, 6.45) is 0. The van der Waals surface area contributed by atoms with Gasteiger partial charge in [0.25, 0.3) is 0 Å². The van der Waals surface area contributed by atoms with Crippen LogP contribution in [0.2, 0.25) is 10.0 Å². The molecule has 0 heterocycles. The fourth-order valence-corrected chi connectivity index (χ4v) is 3.49. The Hall–Kier alpha value is -1.23. The highest BCUT2D eigenvalue weighted by Gasteiger charge is 2.15. The van der Waals surface area contributed by atoms with Gasteiger partial charge in [0, 0.05) is 10.0 Å². The smallest absolute Gasteiger partial charge is 0.236 e. The van der Waals surface area contributed by atoms with Crippen LogP contribution in [0.4, 0.5) is 5.69 Å². The number of halogens is 2. The molecule has 1 N–H and O–H groups in total. The molecule has 2 aromatic rings. The molecule has 0 unspecified atom stereocenters. The van der Waals surface area contributed by atoms with Crippen molar-refractivity contribution in [2.45, 2.75) is 12.7 Å². The van der Waals surface area contributed by atoms with Crippen LogP contribution in [0.1, 0.15) is 11.1 Å². The van der Waals surface area contributed by atoms with E-state index in [9.17, 15) is 8.42 Å². The molecule has 20 heavy (non-hydrogen) atoms. The van der Waals surface area contributed by atoms with Crippen molar-refractivity contribution in [3.8, 4) is 0 Å². The van der Waals surface area contributed by atoms with E-state index >= 15 is 0 Å². The molecule has 0 atom stereocenters. The first kappa shape index (κ1) is 15.2. The Balaban J connectivity index is 2.24. The van der Waals surface area contributed by atoms with Gasteiger partial charge < -0.3 is 0 Å². The molecule has 106 valence electrons. The summed E-state index contributed by atoms with van der Waals surface area (Å²) in [7, 11) is -3.54. The lowest BCUT2D eigenvalue weighted by Gasteiger charge is -2.12. The van der Waals surface area contributed by atoms with Crippen molar-refractivity contribution < 1.29 is 8.42 Å². The molecule has 0 amide bonds. The van der Waals surface area contributed by atoms with E-state index in [1.807, 2.05) is 0 Å². The van der Waals surface area contributed by atoms with E-state index in [2.05, 4.69) is 4.72 Å². The quantitative estimate of drug-likeness (QED) is 0.911. The Kier molecular flexibility index (Phi) is 4.58. The van der Waals surface area contributed by atoms with Gasteiger partial charge in [-0.3, -0.25) is 4.72 Å². The third-order valence-corrected chi connectivity index (χ3v) is 4.84. The normalized spacial score (nSPS) is 11.3. The van der Waals surface area contributed by atoms with Crippen LogP contribution in [-0.4, -0.2) is 8.42 Å². The maximum atomic E-state index is 12.2. The van der Waals surface area contributed by atoms with Crippen molar-refractivity contribution in [1.82, 2.24) is 0 Å². The minimum atomic E-state index is -3.54. The zero-order valence-electron chi connectivity index (χ0n) is 10.7. The minimum absolute atomic E-state index is 0.182. The first-order chi connectivity index (χ1) is 9.39. The lowest BCUT2D eigenvalue weighted by molar-refractivity contribution is 0.600. The van der Waals surface area contributed by atoms with Gasteiger partial charge in [0.15, 0.2) is 0 Å². The van der Waals surface area contributed by atoms with Gasteiger partial charge >= 0.3 is 0 Å². The zero-order chi connectivity index (χ0) is 14.8. The molecule has 0 saturated carbocycles. The number of anilines is 1. The van der Waals surface area contributed by atoms with Gasteiger partial charge in [-0.25, -0.2) is 8.42 Å². The fraction of sp³-hybridized carbons (Fsp3) is 0.143. The summed E-state index contributed by atoms with van der Waals surface area (Å²) in [5.74, 6) is -0.182. The number of benzene rings is 2. The predicted octanol–water partition coefficient (Wildman–Crippen LogP) is 4.24. The van der Waals surface area contributed by atoms with Crippen molar-refractivity contribution in [2.24, 2.45) is 0 Å². The van der Waals surface area contributed by atoms with Crippen LogP contribution >= 0.6 is 23.2 Å². The van der Waals surface area contributed by atoms with Crippen molar-refractivity contribution in [3.05, 3.63) is 63.6 Å². The summed E-state index contributed by atoms with van der Waals surface area (Å²) in [6, 6.07) is 11.9. The van der Waals surface area contributed by atoms with E-state index in [0.29, 0.717) is 26.9 Å².